The molecule has 0 aliphatic carbocycles. The normalized spacial score (nSPS) is 30.2. The van der Waals surface area contributed by atoms with Gasteiger partial charge < -0.3 is 15.7 Å². The third-order valence-electron chi connectivity index (χ3n) is 3.53. The molecule has 1 aliphatic rings. The van der Waals surface area contributed by atoms with Gasteiger partial charge in [0, 0.05) is 29.0 Å². The summed E-state index contributed by atoms with van der Waals surface area (Å²) in [6.07, 6.45) is 3.92. The summed E-state index contributed by atoms with van der Waals surface area (Å²) >= 11 is 0. The molecule has 0 radical (unpaired) electrons. The highest BCUT2D eigenvalue weighted by atomic mass is 32.2. The average molecular weight is 290 g/mol. The number of nitrogens with one attached hydrogen (secondary N) is 2. The lowest BCUT2D eigenvalue weighted by molar-refractivity contribution is -0.137. The number of likely N-dealkylation sites (N-methyl/N-ethyl adjacent to an activating group) is 1. The summed E-state index contributed by atoms with van der Waals surface area (Å²) in [6, 6.07) is -0.0436. The smallest absolute Gasteiger partial charge is 0.303 e. The zero-order chi connectivity index (χ0) is 14.3. The number of carboxylic acids is 1. The van der Waals surface area contributed by atoms with Gasteiger partial charge in [-0.3, -0.25) is 13.8 Å². The van der Waals surface area contributed by atoms with Crippen molar-refractivity contribution >= 4 is 23.2 Å². The molecule has 6 nitrogen and oxygen atoms in total. The molecule has 19 heavy (non-hydrogen) atoms. The van der Waals surface area contributed by atoms with Gasteiger partial charge in [-0.2, -0.15) is 0 Å². The molecule has 0 aromatic carbocycles. The first-order valence-corrected chi connectivity index (χ1v) is 7.94. The molecule has 0 saturated carbocycles. The molecular weight excluding hydrogens is 268 g/mol. The van der Waals surface area contributed by atoms with Crippen LogP contribution in [0.2, 0.25) is 0 Å². The Kier molecular flexibility index (Phi) is 7.01. The van der Waals surface area contributed by atoms with Crippen LogP contribution in [0.3, 0.4) is 0 Å². The van der Waals surface area contributed by atoms with E-state index in [2.05, 4.69) is 10.6 Å². The maximum atomic E-state index is 12.0. The van der Waals surface area contributed by atoms with Crippen molar-refractivity contribution in [1.29, 1.82) is 0 Å². The molecule has 1 heterocycles. The Bertz CT molecular complexity index is 338. The standard InChI is InChI=1S/C12H22N2O4S/c1-13-9-7-19(18)10(12(9)14-8-15)5-3-2-4-6-11(16)17/h8-10,12-13H,2-7H2,1H3,(H,14,15)(H,16,17)/t9-,10?,12-,19?/m0/s1. The van der Waals surface area contributed by atoms with Gasteiger partial charge in [0.15, 0.2) is 0 Å². The van der Waals surface area contributed by atoms with Crippen molar-refractivity contribution in [3.05, 3.63) is 0 Å². The van der Waals surface area contributed by atoms with Gasteiger partial charge in [0.05, 0.1) is 11.3 Å². The van der Waals surface area contributed by atoms with E-state index in [9.17, 15) is 13.8 Å². The van der Waals surface area contributed by atoms with Gasteiger partial charge in [0.2, 0.25) is 6.41 Å². The Balaban J connectivity index is 2.39. The van der Waals surface area contributed by atoms with E-state index in [-0.39, 0.29) is 23.8 Å². The average Bonchev–Trinajstić information content (AvgIpc) is 2.66. The van der Waals surface area contributed by atoms with E-state index in [4.69, 9.17) is 5.11 Å². The van der Waals surface area contributed by atoms with E-state index in [1.165, 1.54) is 0 Å². The molecule has 1 amide bonds. The molecule has 0 aromatic rings. The van der Waals surface area contributed by atoms with Crippen LogP contribution in [0.25, 0.3) is 0 Å². The Morgan fingerprint density at radius 1 is 1.42 bits per heavy atom. The van der Waals surface area contributed by atoms with Gasteiger partial charge in [-0.15, -0.1) is 0 Å². The highest BCUT2D eigenvalue weighted by molar-refractivity contribution is 7.86. The Labute approximate surface area is 115 Å². The zero-order valence-electron chi connectivity index (χ0n) is 11.1. The number of aliphatic carboxylic acids is 1. The predicted molar refractivity (Wildman–Crippen MR) is 73.4 cm³/mol. The van der Waals surface area contributed by atoms with Crippen LogP contribution in [0.4, 0.5) is 0 Å². The minimum atomic E-state index is -0.937. The lowest BCUT2D eigenvalue weighted by Gasteiger charge is -2.22. The molecule has 1 fully saturated rings. The molecule has 110 valence electrons. The van der Waals surface area contributed by atoms with Crippen molar-refractivity contribution in [2.75, 3.05) is 12.8 Å². The van der Waals surface area contributed by atoms with Crippen LogP contribution in [0.15, 0.2) is 0 Å². The van der Waals surface area contributed by atoms with Crippen LogP contribution in [0.5, 0.6) is 0 Å². The minimum absolute atomic E-state index is 0.0347. The lowest BCUT2D eigenvalue weighted by atomic mass is 10.0. The summed E-state index contributed by atoms with van der Waals surface area (Å²) in [6.45, 7) is 0. The van der Waals surface area contributed by atoms with Crippen LogP contribution >= 0.6 is 0 Å². The second-order valence-corrected chi connectivity index (χ2v) is 6.48. The summed E-state index contributed by atoms with van der Waals surface area (Å²) in [5.41, 5.74) is 0. The summed E-state index contributed by atoms with van der Waals surface area (Å²) in [5.74, 6) is -0.220. The molecule has 0 aromatic heterocycles. The fraction of sp³-hybridized carbons (Fsp3) is 0.833. The van der Waals surface area contributed by atoms with Gasteiger partial charge in [0.25, 0.3) is 0 Å². The summed E-state index contributed by atoms with van der Waals surface area (Å²) in [7, 11) is 0.866. The van der Waals surface area contributed by atoms with Crippen LogP contribution in [0.1, 0.15) is 32.1 Å². The molecule has 1 rings (SSSR count). The van der Waals surface area contributed by atoms with Crippen molar-refractivity contribution < 1.29 is 18.9 Å². The van der Waals surface area contributed by atoms with E-state index in [1.807, 2.05) is 0 Å². The van der Waals surface area contributed by atoms with Gasteiger partial charge in [-0.1, -0.05) is 12.8 Å². The van der Waals surface area contributed by atoms with Crippen LogP contribution in [-0.4, -0.2) is 51.8 Å². The SMILES string of the molecule is CN[C@H]1CS(=O)C(CCCCCC(=O)O)[C@H]1NC=O. The Hall–Kier alpha value is -0.950. The fourth-order valence-corrected chi connectivity index (χ4v) is 4.50. The van der Waals surface area contributed by atoms with Crippen molar-refractivity contribution in [2.45, 2.75) is 49.4 Å². The first kappa shape index (κ1) is 16.1. The number of hydrogen-bond acceptors (Lipinski definition) is 4. The van der Waals surface area contributed by atoms with Crippen LogP contribution < -0.4 is 10.6 Å². The number of hydrogen-bond donors (Lipinski definition) is 3. The third kappa shape index (κ3) is 4.91. The topological polar surface area (TPSA) is 95.5 Å². The highest BCUT2D eigenvalue weighted by Gasteiger charge is 2.40. The molecule has 7 heteroatoms. The van der Waals surface area contributed by atoms with E-state index in [1.54, 1.807) is 7.05 Å². The van der Waals surface area contributed by atoms with Crippen molar-refractivity contribution in [3.63, 3.8) is 0 Å². The first-order valence-electron chi connectivity index (χ1n) is 6.56. The van der Waals surface area contributed by atoms with Gasteiger partial charge in [-0.25, -0.2) is 0 Å². The number of carbonyl (C=O) groups is 2. The van der Waals surface area contributed by atoms with Crippen LogP contribution in [-0.2, 0) is 20.4 Å². The number of amides is 1. The second-order valence-electron chi connectivity index (χ2n) is 4.78. The third-order valence-corrected chi connectivity index (χ3v) is 5.42. The van der Waals surface area contributed by atoms with E-state index >= 15 is 0 Å². The van der Waals surface area contributed by atoms with Gasteiger partial charge in [-0.05, 0) is 19.9 Å². The molecule has 0 spiro atoms. The Morgan fingerprint density at radius 2 is 2.16 bits per heavy atom. The number of carbonyl (C=O) groups excluding carboxylic acids is 1. The second kappa shape index (κ2) is 8.27. The number of unbranched alkanes of at least 4 members (excludes halogenated alkanes) is 2. The molecule has 3 N–H and O–H groups in total. The van der Waals surface area contributed by atoms with Crippen molar-refractivity contribution in [3.8, 4) is 0 Å². The quantitative estimate of drug-likeness (QED) is 0.405. The number of carboxylic acid groups (broad SMARTS) is 1. The summed E-state index contributed by atoms with van der Waals surface area (Å²) in [4.78, 5) is 21.0. The fourth-order valence-electron chi connectivity index (χ4n) is 2.50. The lowest BCUT2D eigenvalue weighted by Crippen LogP contribution is -2.48. The first-order chi connectivity index (χ1) is 9.10. The van der Waals surface area contributed by atoms with Crippen molar-refractivity contribution in [1.82, 2.24) is 10.6 Å². The molecule has 2 unspecified atom stereocenters. The van der Waals surface area contributed by atoms with E-state index in [0.717, 1.165) is 19.3 Å². The molecular formula is C12H22N2O4S. The van der Waals surface area contributed by atoms with E-state index < -0.39 is 16.8 Å². The van der Waals surface area contributed by atoms with Gasteiger partial charge in [0.1, 0.15) is 0 Å². The molecule has 1 saturated heterocycles. The molecule has 1 aliphatic heterocycles. The van der Waals surface area contributed by atoms with Gasteiger partial charge >= 0.3 is 5.97 Å². The van der Waals surface area contributed by atoms with Crippen molar-refractivity contribution in [2.24, 2.45) is 0 Å². The largest absolute Gasteiger partial charge is 0.481 e. The number of rotatable bonds is 9. The zero-order valence-corrected chi connectivity index (χ0v) is 11.9. The van der Waals surface area contributed by atoms with Crippen LogP contribution in [0, 0.1) is 0 Å². The molecule has 0 bridgehead atoms. The maximum absolute atomic E-state index is 12.0. The maximum Gasteiger partial charge on any atom is 0.303 e. The monoisotopic (exact) mass is 290 g/mol. The molecule has 4 atom stereocenters. The van der Waals surface area contributed by atoms with E-state index in [0.29, 0.717) is 18.6 Å². The Morgan fingerprint density at radius 3 is 2.74 bits per heavy atom. The summed E-state index contributed by atoms with van der Waals surface area (Å²) < 4.78 is 12.0. The predicted octanol–water partition coefficient (Wildman–Crippen LogP) is -0.145. The highest BCUT2D eigenvalue weighted by Crippen LogP contribution is 2.23. The minimum Gasteiger partial charge on any atom is -0.481 e. The summed E-state index contributed by atoms with van der Waals surface area (Å²) in [5, 5.41) is 14.3.